The van der Waals surface area contributed by atoms with Crippen LogP contribution < -0.4 is 0 Å². The quantitative estimate of drug-likeness (QED) is 0.636. The molecule has 0 saturated heterocycles. The van der Waals surface area contributed by atoms with Crippen molar-refractivity contribution in [3.05, 3.63) is 29.8 Å². The lowest BCUT2D eigenvalue weighted by atomic mass is 10.0. The summed E-state index contributed by atoms with van der Waals surface area (Å²) in [6.07, 6.45) is 4.81. The van der Waals surface area contributed by atoms with Gasteiger partial charge in [0.2, 0.25) is 10.0 Å². The molecular formula is C18H31NO2S. The molecule has 0 fully saturated rings. The lowest BCUT2D eigenvalue weighted by molar-refractivity contribution is 0.395. The van der Waals surface area contributed by atoms with Crippen LogP contribution in [0.2, 0.25) is 0 Å². The third-order valence-corrected chi connectivity index (χ3v) is 5.64. The first-order chi connectivity index (χ1) is 10.4. The van der Waals surface area contributed by atoms with E-state index in [9.17, 15) is 8.42 Å². The number of nitrogens with zero attached hydrogens (tertiary/aromatic N) is 1. The lowest BCUT2D eigenvalue weighted by Crippen LogP contribution is -2.33. The average molecular weight is 326 g/mol. The first-order valence-corrected chi connectivity index (χ1v) is 9.94. The summed E-state index contributed by atoms with van der Waals surface area (Å²) in [4.78, 5) is 0.423. The minimum absolute atomic E-state index is 0.423. The number of sulfonamides is 1. The third kappa shape index (κ3) is 5.73. The van der Waals surface area contributed by atoms with Crippen molar-refractivity contribution >= 4 is 10.0 Å². The molecule has 0 spiro atoms. The Balaban J connectivity index is 2.92. The minimum atomic E-state index is -3.36. The Morgan fingerprint density at radius 2 is 1.45 bits per heavy atom. The van der Waals surface area contributed by atoms with Crippen LogP contribution in [0.1, 0.15) is 58.9 Å². The van der Waals surface area contributed by atoms with Crippen LogP contribution in [-0.4, -0.2) is 25.8 Å². The Bertz CT molecular complexity index is 513. The highest BCUT2D eigenvalue weighted by atomic mass is 32.2. The summed E-state index contributed by atoms with van der Waals surface area (Å²) in [5, 5.41) is 0. The number of rotatable bonds is 10. The Kier molecular flexibility index (Phi) is 8.12. The molecule has 22 heavy (non-hydrogen) atoms. The van der Waals surface area contributed by atoms with Crippen molar-refractivity contribution in [2.75, 3.05) is 13.1 Å². The highest BCUT2D eigenvalue weighted by Gasteiger charge is 2.23. The summed E-state index contributed by atoms with van der Waals surface area (Å²) in [6, 6.07) is 7.42. The van der Waals surface area contributed by atoms with E-state index in [1.54, 1.807) is 16.4 Å². The summed E-state index contributed by atoms with van der Waals surface area (Å²) in [6.45, 7) is 9.75. The van der Waals surface area contributed by atoms with Gasteiger partial charge in [-0.3, -0.25) is 0 Å². The number of hydrogen-bond donors (Lipinski definition) is 0. The van der Waals surface area contributed by atoms with Crippen LogP contribution in [0.15, 0.2) is 29.2 Å². The maximum absolute atomic E-state index is 12.8. The monoisotopic (exact) mass is 325 g/mol. The molecule has 0 N–H and O–H groups in total. The Hall–Kier alpha value is -0.870. The minimum Gasteiger partial charge on any atom is -0.207 e. The molecule has 0 aromatic heterocycles. The van der Waals surface area contributed by atoms with Crippen molar-refractivity contribution < 1.29 is 8.42 Å². The molecule has 3 nitrogen and oxygen atoms in total. The molecule has 0 saturated carbocycles. The fourth-order valence-corrected chi connectivity index (χ4v) is 3.96. The van der Waals surface area contributed by atoms with Crippen molar-refractivity contribution in [2.24, 2.45) is 5.92 Å². The predicted octanol–water partition coefficient (Wildman–Crippen LogP) is 4.48. The molecular weight excluding hydrogens is 294 g/mol. The molecule has 4 heteroatoms. The largest absolute Gasteiger partial charge is 0.243 e. The smallest absolute Gasteiger partial charge is 0.207 e. The van der Waals surface area contributed by atoms with E-state index in [1.807, 2.05) is 12.1 Å². The van der Waals surface area contributed by atoms with Crippen molar-refractivity contribution in [2.45, 2.75) is 64.7 Å². The molecule has 0 aliphatic carbocycles. The summed E-state index contributed by atoms with van der Waals surface area (Å²) < 4.78 is 27.3. The highest BCUT2D eigenvalue weighted by Crippen LogP contribution is 2.19. The van der Waals surface area contributed by atoms with Gasteiger partial charge in [-0.25, -0.2) is 8.42 Å². The molecule has 1 aromatic rings. The Morgan fingerprint density at radius 1 is 0.955 bits per heavy atom. The molecule has 0 amide bonds. The van der Waals surface area contributed by atoms with E-state index < -0.39 is 10.0 Å². The standard InChI is InChI=1S/C18H31NO2S/c1-5-7-13-19(14-8-6-2)22(20,21)18-11-9-17(10-12-18)15-16(3)4/h9-12,16H,5-8,13-15H2,1-4H3. The van der Waals surface area contributed by atoms with Gasteiger partial charge >= 0.3 is 0 Å². The molecule has 0 aliphatic heterocycles. The van der Waals surface area contributed by atoms with Gasteiger partial charge in [-0.1, -0.05) is 52.7 Å². The van der Waals surface area contributed by atoms with Crippen LogP contribution in [0.3, 0.4) is 0 Å². The lowest BCUT2D eigenvalue weighted by Gasteiger charge is -2.22. The summed E-state index contributed by atoms with van der Waals surface area (Å²) in [5.41, 5.74) is 1.20. The molecule has 0 bridgehead atoms. The van der Waals surface area contributed by atoms with Gasteiger partial charge in [-0.15, -0.1) is 0 Å². The van der Waals surface area contributed by atoms with Crippen LogP contribution in [-0.2, 0) is 16.4 Å². The van der Waals surface area contributed by atoms with Crippen molar-refractivity contribution in [1.29, 1.82) is 0 Å². The van der Waals surface area contributed by atoms with Gasteiger partial charge in [-0.05, 0) is 42.9 Å². The highest BCUT2D eigenvalue weighted by molar-refractivity contribution is 7.89. The molecule has 1 rings (SSSR count). The molecule has 0 aliphatic rings. The van der Waals surface area contributed by atoms with Crippen molar-refractivity contribution in [3.63, 3.8) is 0 Å². The van der Waals surface area contributed by atoms with Gasteiger partial charge in [0.25, 0.3) is 0 Å². The summed E-state index contributed by atoms with van der Waals surface area (Å²) in [5.74, 6) is 0.577. The van der Waals surface area contributed by atoms with E-state index in [0.717, 1.165) is 32.1 Å². The van der Waals surface area contributed by atoms with Crippen molar-refractivity contribution in [1.82, 2.24) is 4.31 Å². The number of benzene rings is 1. The second-order valence-electron chi connectivity index (χ2n) is 6.35. The van der Waals surface area contributed by atoms with E-state index in [-0.39, 0.29) is 0 Å². The first-order valence-electron chi connectivity index (χ1n) is 8.50. The van der Waals surface area contributed by atoms with Crippen LogP contribution >= 0.6 is 0 Å². The van der Waals surface area contributed by atoms with E-state index in [0.29, 0.717) is 23.9 Å². The van der Waals surface area contributed by atoms with E-state index in [1.165, 1.54) is 5.56 Å². The third-order valence-electron chi connectivity index (χ3n) is 3.73. The molecule has 0 unspecified atom stereocenters. The maximum atomic E-state index is 12.8. The predicted molar refractivity (Wildman–Crippen MR) is 93.6 cm³/mol. The fraction of sp³-hybridized carbons (Fsp3) is 0.667. The second kappa shape index (κ2) is 9.31. The zero-order valence-electron chi connectivity index (χ0n) is 14.5. The van der Waals surface area contributed by atoms with E-state index in [4.69, 9.17) is 0 Å². The van der Waals surface area contributed by atoms with E-state index in [2.05, 4.69) is 27.7 Å². The number of hydrogen-bond acceptors (Lipinski definition) is 2. The normalized spacial score (nSPS) is 12.3. The van der Waals surface area contributed by atoms with Gasteiger partial charge < -0.3 is 0 Å². The fourth-order valence-electron chi connectivity index (χ4n) is 2.44. The molecule has 0 radical (unpaired) electrons. The molecule has 0 atom stereocenters. The zero-order valence-corrected chi connectivity index (χ0v) is 15.3. The van der Waals surface area contributed by atoms with Gasteiger partial charge in [0, 0.05) is 13.1 Å². The van der Waals surface area contributed by atoms with Crippen LogP contribution in [0.4, 0.5) is 0 Å². The second-order valence-corrected chi connectivity index (χ2v) is 8.29. The SMILES string of the molecule is CCCCN(CCCC)S(=O)(=O)c1ccc(CC(C)C)cc1. The van der Waals surface area contributed by atoms with Crippen molar-refractivity contribution in [3.8, 4) is 0 Å². The van der Waals surface area contributed by atoms with Crippen LogP contribution in [0.25, 0.3) is 0 Å². The van der Waals surface area contributed by atoms with Crippen LogP contribution in [0, 0.1) is 5.92 Å². The van der Waals surface area contributed by atoms with Gasteiger partial charge in [0.1, 0.15) is 0 Å². The maximum Gasteiger partial charge on any atom is 0.243 e. The topological polar surface area (TPSA) is 37.4 Å². The van der Waals surface area contributed by atoms with Gasteiger partial charge in [0.15, 0.2) is 0 Å². The van der Waals surface area contributed by atoms with Crippen LogP contribution in [0.5, 0.6) is 0 Å². The first kappa shape index (κ1) is 19.2. The van der Waals surface area contributed by atoms with Gasteiger partial charge in [-0.2, -0.15) is 4.31 Å². The zero-order chi connectivity index (χ0) is 16.6. The Labute approximate surface area is 136 Å². The number of unbranched alkanes of at least 4 members (excludes halogenated alkanes) is 2. The summed E-state index contributed by atoms with van der Waals surface area (Å²) in [7, 11) is -3.36. The molecule has 1 aromatic carbocycles. The average Bonchev–Trinajstić information content (AvgIpc) is 2.47. The molecule has 126 valence electrons. The Morgan fingerprint density at radius 3 is 1.86 bits per heavy atom. The van der Waals surface area contributed by atoms with Gasteiger partial charge in [0.05, 0.1) is 4.90 Å². The molecule has 0 heterocycles. The van der Waals surface area contributed by atoms with E-state index >= 15 is 0 Å². The summed E-state index contributed by atoms with van der Waals surface area (Å²) >= 11 is 0.